The van der Waals surface area contributed by atoms with Gasteiger partial charge in [0.1, 0.15) is 17.8 Å². The number of benzene rings is 1. The van der Waals surface area contributed by atoms with Crippen LogP contribution in [0, 0.1) is 6.92 Å². The van der Waals surface area contributed by atoms with Gasteiger partial charge in [-0.1, -0.05) is 12.1 Å². The number of amides is 1. The molecule has 0 aliphatic heterocycles. The summed E-state index contributed by atoms with van der Waals surface area (Å²) in [4.78, 5) is 19.9. The van der Waals surface area contributed by atoms with Crippen molar-refractivity contribution in [3.63, 3.8) is 0 Å². The summed E-state index contributed by atoms with van der Waals surface area (Å²) in [5.74, 6) is -0.244. The minimum Gasteiger partial charge on any atom is -0.484 e. The smallest absolute Gasteiger partial charge is 0.422 e. The lowest BCUT2D eigenvalue weighted by atomic mass is 10.1. The zero-order valence-electron chi connectivity index (χ0n) is 13.1. The maximum absolute atomic E-state index is 12.1. The van der Waals surface area contributed by atoms with Crippen molar-refractivity contribution in [1.29, 1.82) is 0 Å². The lowest BCUT2D eigenvalue weighted by Gasteiger charge is -2.15. The van der Waals surface area contributed by atoms with Crippen molar-refractivity contribution in [2.75, 3.05) is 6.61 Å². The number of aromatic nitrogens is 2. The van der Waals surface area contributed by atoms with E-state index in [2.05, 4.69) is 20.0 Å². The van der Waals surface area contributed by atoms with Gasteiger partial charge >= 0.3 is 6.18 Å². The number of alkyl halides is 3. The van der Waals surface area contributed by atoms with Gasteiger partial charge in [-0.05, 0) is 37.6 Å². The highest BCUT2D eigenvalue weighted by molar-refractivity contribution is 5.92. The Labute approximate surface area is 136 Å². The number of aryl methyl sites for hydroxylation is 1. The first kappa shape index (κ1) is 17.7. The van der Waals surface area contributed by atoms with E-state index < -0.39 is 12.8 Å². The van der Waals surface area contributed by atoms with Crippen LogP contribution in [0.4, 0.5) is 13.2 Å². The lowest BCUT2D eigenvalue weighted by molar-refractivity contribution is -0.153. The van der Waals surface area contributed by atoms with Gasteiger partial charge in [0.05, 0.1) is 6.04 Å². The van der Waals surface area contributed by atoms with Gasteiger partial charge in [-0.2, -0.15) is 13.2 Å². The van der Waals surface area contributed by atoms with E-state index in [1.165, 1.54) is 18.5 Å². The molecule has 5 nitrogen and oxygen atoms in total. The molecule has 8 heteroatoms. The Bertz CT molecular complexity index is 702. The highest BCUT2D eigenvalue weighted by Crippen LogP contribution is 2.21. The summed E-state index contributed by atoms with van der Waals surface area (Å²) in [6.45, 7) is 2.17. The molecule has 1 heterocycles. The Balaban J connectivity index is 1.97. The van der Waals surface area contributed by atoms with E-state index in [4.69, 9.17) is 0 Å². The molecule has 1 aromatic carbocycles. The third kappa shape index (κ3) is 5.22. The minimum absolute atomic E-state index is 0.112. The molecule has 1 N–H and O–H groups in total. The number of carbonyl (C=O) groups excluding carboxylic acids is 1. The molecule has 0 saturated heterocycles. The minimum atomic E-state index is -4.38. The normalized spacial score (nSPS) is 12.5. The van der Waals surface area contributed by atoms with Crippen molar-refractivity contribution in [3.05, 3.63) is 53.6 Å². The van der Waals surface area contributed by atoms with Crippen LogP contribution in [0.3, 0.4) is 0 Å². The van der Waals surface area contributed by atoms with Gasteiger partial charge in [-0.3, -0.25) is 4.79 Å². The van der Waals surface area contributed by atoms with E-state index in [1.807, 2.05) is 0 Å². The second-order valence-corrected chi connectivity index (χ2v) is 5.21. The van der Waals surface area contributed by atoms with Crippen LogP contribution in [-0.2, 0) is 0 Å². The van der Waals surface area contributed by atoms with Crippen LogP contribution in [0.5, 0.6) is 5.75 Å². The van der Waals surface area contributed by atoms with Crippen molar-refractivity contribution >= 4 is 5.91 Å². The topological polar surface area (TPSA) is 64.1 Å². The molecule has 0 saturated carbocycles. The third-order valence-electron chi connectivity index (χ3n) is 3.17. The molecular formula is C16H16F3N3O2. The van der Waals surface area contributed by atoms with Crippen LogP contribution in [0.15, 0.2) is 36.7 Å². The number of hydrogen-bond donors (Lipinski definition) is 1. The first-order valence-electron chi connectivity index (χ1n) is 7.13. The molecule has 1 unspecified atom stereocenters. The Hall–Kier alpha value is -2.64. The summed E-state index contributed by atoms with van der Waals surface area (Å²) in [5.41, 5.74) is 1.65. The molecule has 0 radical (unpaired) electrons. The van der Waals surface area contributed by atoms with Gasteiger partial charge in [-0.25, -0.2) is 9.97 Å². The maximum atomic E-state index is 12.1. The van der Waals surface area contributed by atoms with Gasteiger partial charge in [0, 0.05) is 5.69 Å². The summed E-state index contributed by atoms with van der Waals surface area (Å²) in [6, 6.07) is 7.28. The van der Waals surface area contributed by atoms with E-state index in [9.17, 15) is 18.0 Å². The summed E-state index contributed by atoms with van der Waals surface area (Å²) in [6.07, 6.45) is -3.07. The Morgan fingerprint density at radius 3 is 2.50 bits per heavy atom. The number of nitrogens with zero attached hydrogens (tertiary/aromatic N) is 2. The second kappa shape index (κ2) is 7.29. The van der Waals surface area contributed by atoms with Gasteiger partial charge in [0.15, 0.2) is 6.61 Å². The van der Waals surface area contributed by atoms with Gasteiger partial charge in [0.2, 0.25) is 0 Å². The Morgan fingerprint density at radius 1 is 1.25 bits per heavy atom. The SMILES string of the molecule is Cc1cc(C(=O)NC(C)c2ccc(OCC(F)(F)F)cc2)ncn1. The van der Waals surface area contributed by atoms with Gasteiger partial charge in [0.25, 0.3) is 5.91 Å². The Morgan fingerprint density at radius 2 is 1.92 bits per heavy atom. The van der Waals surface area contributed by atoms with Crippen LogP contribution in [0.25, 0.3) is 0 Å². The maximum Gasteiger partial charge on any atom is 0.422 e. The average molecular weight is 339 g/mol. The molecule has 2 aromatic rings. The zero-order chi connectivity index (χ0) is 17.7. The van der Waals surface area contributed by atoms with Gasteiger partial charge < -0.3 is 10.1 Å². The standard InChI is InChI=1S/C16H16F3N3O2/c1-10-7-14(21-9-20-10)15(23)22-11(2)12-3-5-13(6-4-12)24-8-16(17,18)19/h3-7,9,11H,8H2,1-2H3,(H,22,23). The fourth-order valence-electron chi connectivity index (χ4n) is 1.95. The average Bonchev–Trinajstić information content (AvgIpc) is 2.52. The van der Waals surface area contributed by atoms with E-state index in [-0.39, 0.29) is 23.4 Å². The Kier molecular flexibility index (Phi) is 5.38. The zero-order valence-corrected chi connectivity index (χ0v) is 13.1. The number of halogens is 3. The van der Waals surface area contributed by atoms with Crippen LogP contribution in [0.1, 0.15) is 34.7 Å². The second-order valence-electron chi connectivity index (χ2n) is 5.21. The molecule has 0 fully saturated rings. The number of carbonyl (C=O) groups is 1. The lowest BCUT2D eigenvalue weighted by Crippen LogP contribution is -2.27. The van der Waals surface area contributed by atoms with Crippen molar-refractivity contribution in [2.24, 2.45) is 0 Å². The van der Waals surface area contributed by atoms with Crippen molar-refractivity contribution < 1.29 is 22.7 Å². The highest BCUT2D eigenvalue weighted by atomic mass is 19.4. The number of ether oxygens (including phenoxy) is 1. The fourth-order valence-corrected chi connectivity index (χ4v) is 1.95. The molecule has 0 bridgehead atoms. The first-order valence-corrected chi connectivity index (χ1v) is 7.13. The third-order valence-corrected chi connectivity index (χ3v) is 3.17. The van der Waals surface area contributed by atoms with Crippen molar-refractivity contribution in [3.8, 4) is 5.75 Å². The quantitative estimate of drug-likeness (QED) is 0.908. The summed E-state index contributed by atoms with van der Waals surface area (Å²) in [7, 11) is 0. The fraction of sp³-hybridized carbons (Fsp3) is 0.312. The van der Waals surface area contributed by atoms with E-state index in [1.54, 1.807) is 32.0 Å². The predicted octanol–water partition coefficient (Wildman–Crippen LogP) is 3.22. The van der Waals surface area contributed by atoms with Crippen LogP contribution in [-0.4, -0.2) is 28.7 Å². The number of hydrogen-bond acceptors (Lipinski definition) is 4. The molecule has 0 spiro atoms. The molecule has 1 aromatic heterocycles. The molecular weight excluding hydrogens is 323 g/mol. The summed E-state index contributed by atoms with van der Waals surface area (Å²) < 4.78 is 40.9. The number of rotatable bonds is 5. The van der Waals surface area contributed by atoms with Crippen molar-refractivity contribution in [2.45, 2.75) is 26.1 Å². The molecule has 24 heavy (non-hydrogen) atoms. The molecule has 0 aliphatic rings. The number of nitrogens with one attached hydrogen (secondary N) is 1. The first-order chi connectivity index (χ1) is 11.2. The summed E-state index contributed by atoms with van der Waals surface area (Å²) in [5, 5.41) is 2.77. The molecule has 1 atom stereocenters. The van der Waals surface area contributed by atoms with Crippen LogP contribution >= 0.6 is 0 Å². The molecule has 2 rings (SSSR count). The largest absolute Gasteiger partial charge is 0.484 e. The molecule has 128 valence electrons. The highest BCUT2D eigenvalue weighted by Gasteiger charge is 2.28. The van der Waals surface area contributed by atoms with E-state index >= 15 is 0 Å². The van der Waals surface area contributed by atoms with Gasteiger partial charge in [-0.15, -0.1) is 0 Å². The molecule has 0 aliphatic carbocycles. The van der Waals surface area contributed by atoms with Crippen LogP contribution < -0.4 is 10.1 Å². The molecule has 1 amide bonds. The van der Waals surface area contributed by atoms with Crippen molar-refractivity contribution in [1.82, 2.24) is 15.3 Å². The van der Waals surface area contributed by atoms with E-state index in [0.717, 1.165) is 5.56 Å². The predicted molar refractivity (Wildman–Crippen MR) is 80.6 cm³/mol. The monoisotopic (exact) mass is 339 g/mol. The summed E-state index contributed by atoms with van der Waals surface area (Å²) >= 11 is 0. The van der Waals surface area contributed by atoms with E-state index in [0.29, 0.717) is 5.69 Å². The van der Waals surface area contributed by atoms with Crippen LogP contribution in [0.2, 0.25) is 0 Å².